The smallest absolute Gasteiger partial charge is 0.369 e. The molecule has 0 amide bonds. The molecule has 0 spiro atoms. The SMILES string of the molecule is Cc1cc(=O)cc2sc3cc(N4CCN(S(=O)(=O)C(F)(F)F)CC4)cc(C)c3nc1-2. The lowest BCUT2D eigenvalue weighted by Crippen LogP contribution is -2.52. The maximum Gasteiger partial charge on any atom is 0.511 e. The number of aryl methyl sites for hydroxylation is 2. The number of aromatic nitrogens is 1. The summed E-state index contributed by atoms with van der Waals surface area (Å²) in [5, 5.41) is 0. The molecule has 2 aliphatic heterocycles. The fraction of sp³-hybridized carbons (Fsp3) is 0.368. The largest absolute Gasteiger partial charge is 0.511 e. The molecule has 0 atom stereocenters. The van der Waals surface area contributed by atoms with E-state index in [1.165, 1.54) is 11.3 Å². The van der Waals surface area contributed by atoms with E-state index in [-0.39, 0.29) is 31.6 Å². The number of hydrogen-bond acceptors (Lipinski definition) is 6. The Hall–Kier alpha value is -2.24. The van der Waals surface area contributed by atoms with Gasteiger partial charge in [0.15, 0.2) is 5.43 Å². The zero-order valence-corrected chi connectivity index (χ0v) is 17.8. The molecule has 11 heteroatoms. The molecule has 1 fully saturated rings. The molecular formula is C19H18F3N3O3S2. The van der Waals surface area contributed by atoms with Crippen molar-refractivity contribution in [3.63, 3.8) is 0 Å². The first-order valence-electron chi connectivity index (χ1n) is 9.14. The lowest BCUT2D eigenvalue weighted by atomic mass is 10.1. The van der Waals surface area contributed by atoms with Gasteiger partial charge in [-0.15, -0.1) is 11.3 Å². The van der Waals surface area contributed by atoms with Gasteiger partial charge in [0.1, 0.15) is 0 Å². The van der Waals surface area contributed by atoms with Crippen molar-refractivity contribution in [2.24, 2.45) is 0 Å². The molecule has 0 unspecified atom stereocenters. The van der Waals surface area contributed by atoms with Crippen molar-refractivity contribution in [3.05, 3.63) is 45.6 Å². The summed E-state index contributed by atoms with van der Waals surface area (Å²) in [5.41, 5.74) is -1.31. The van der Waals surface area contributed by atoms with Gasteiger partial charge in [-0.25, -0.2) is 13.4 Å². The second kappa shape index (κ2) is 7.17. The number of sulfonamides is 1. The number of rotatable bonds is 2. The van der Waals surface area contributed by atoms with Gasteiger partial charge in [0.25, 0.3) is 0 Å². The Morgan fingerprint density at radius 1 is 1.00 bits per heavy atom. The molecule has 3 aliphatic rings. The van der Waals surface area contributed by atoms with Crippen molar-refractivity contribution in [2.45, 2.75) is 19.4 Å². The van der Waals surface area contributed by atoms with E-state index in [9.17, 15) is 26.4 Å². The highest BCUT2D eigenvalue weighted by atomic mass is 32.2. The van der Waals surface area contributed by atoms with E-state index >= 15 is 0 Å². The summed E-state index contributed by atoms with van der Waals surface area (Å²) in [6, 6.07) is 6.88. The summed E-state index contributed by atoms with van der Waals surface area (Å²) in [6.45, 7) is 3.56. The van der Waals surface area contributed by atoms with E-state index in [1.54, 1.807) is 12.1 Å². The van der Waals surface area contributed by atoms with E-state index in [0.29, 0.717) is 4.31 Å². The average Bonchev–Trinajstić information content (AvgIpc) is 2.66. The summed E-state index contributed by atoms with van der Waals surface area (Å²) < 4.78 is 62.9. The van der Waals surface area contributed by atoms with Crippen molar-refractivity contribution < 1.29 is 21.6 Å². The zero-order chi connectivity index (χ0) is 21.8. The molecule has 4 rings (SSSR count). The number of piperazine rings is 1. The molecule has 0 bridgehead atoms. The Morgan fingerprint density at radius 2 is 1.67 bits per heavy atom. The number of anilines is 1. The molecule has 0 aromatic heterocycles. The minimum Gasteiger partial charge on any atom is -0.369 e. The van der Waals surface area contributed by atoms with Crippen molar-refractivity contribution >= 4 is 37.3 Å². The number of benzene rings is 2. The molecule has 0 N–H and O–H groups in total. The molecule has 6 nitrogen and oxygen atoms in total. The van der Waals surface area contributed by atoms with Crippen LogP contribution in [0, 0.1) is 13.8 Å². The van der Waals surface area contributed by atoms with Crippen LogP contribution < -0.4 is 10.3 Å². The van der Waals surface area contributed by atoms with E-state index in [4.69, 9.17) is 4.98 Å². The van der Waals surface area contributed by atoms with Crippen molar-refractivity contribution in [3.8, 4) is 10.6 Å². The van der Waals surface area contributed by atoms with Crippen LogP contribution in [0.1, 0.15) is 11.1 Å². The Balaban J connectivity index is 1.67. The first kappa shape index (κ1) is 21.0. The molecule has 0 saturated carbocycles. The maximum atomic E-state index is 12.8. The fourth-order valence-corrected chi connectivity index (χ4v) is 5.77. The molecule has 1 aromatic carbocycles. The van der Waals surface area contributed by atoms with Gasteiger partial charge in [-0.2, -0.15) is 17.5 Å². The molecule has 160 valence electrons. The number of alkyl halides is 3. The predicted molar refractivity (Wildman–Crippen MR) is 111 cm³/mol. The van der Waals surface area contributed by atoms with Crippen molar-refractivity contribution in [1.82, 2.24) is 9.29 Å². The summed E-state index contributed by atoms with van der Waals surface area (Å²) in [6.07, 6.45) is 0. The second-order valence-corrected chi connectivity index (χ2v) is 10.3. The Labute approximate surface area is 175 Å². The summed E-state index contributed by atoms with van der Waals surface area (Å²) in [5.74, 6) is 0. The third-order valence-corrected chi connectivity index (χ3v) is 7.86. The van der Waals surface area contributed by atoms with Crippen molar-refractivity contribution in [1.29, 1.82) is 0 Å². The summed E-state index contributed by atoms with van der Waals surface area (Å²) in [4.78, 5) is 19.2. The predicted octanol–water partition coefficient (Wildman–Crippen LogP) is 3.35. The lowest BCUT2D eigenvalue weighted by molar-refractivity contribution is -0.0490. The summed E-state index contributed by atoms with van der Waals surface area (Å²) >= 11 is 1.44. The molecule has 30 heavy (non-hydrogen) atoms. The van der Waals surface area contributed by atoms with Gasteiger partial charge in [0.2, 0.25) is 0 Å². The van der Waals surface area contributed by atoms with Crippen LogP contribution in [0.15, 0.2) is 29.1 Å². The number of nitrogens with zero attached hydrogens (tertiary/aromatic N) is 3. The molecule has 1 aliphatic carbocycles. The van der Waals surface area contributed by atoms with Crippen LogP contribution in [-0.4, -0.2) is 49.4 Å². The van der Waals surface area contributed by atoms with E-state index < -0.39 is 15.5 Å². The normalized spacial score (nSPS) is 16.5. The zero-order valence-electron chi connectivity index (χ0n) is 16.2. The molecule has 0 radical (unpaired) electrons. The number of hydrogen-bond donors (Lipinski definition) is 0. The number of halogens is 3. The highest BCUT2D eigenvalue weighted by Crippen LogP contribution is 2.36. The van der Waals surface area contributed by atoms with E-state index in [1.807, 2.05) is 30.9 Å². The van der Waals surface area contributed by atoms with Crippen LogP contribution in [0.2, 0.25) is 0 Å². The maximum absolute atomic E-state index is 12.8. The van der Waals surface area contributed by atoms with Gasteiger partial charge in [0.05, 0.1) is 20.8 Å². The third-order valence-electron chi connectivity index (χ3n) is 5.17. The van der Waals surface area contributed by atoms with Crippen LogP contribution in [-0.2, 0) is 10.0 Å². The Kier molecular flexibility index (Phi) is 5.02. The second-order valence-electron chi connectivity index (χ2n) is 7.25. The lowest BCUT2D eigenvalue weighted by Gasteiger charge is -2.35. The first-order valence-corrected chi connectivity index (χ1v) is 11.4. The van der Waals surface area contributed by atoms with E-state index in [2.05, 4.69) is 0 Å². The monoisotopic (exact) mass is 457 g/mol. The van der Waals surface area contributed by atoms with Crippen LogP contribution in [0.5, 0.6) is 0 Å². The topological polar surface area (TPSA) is 70.6 Å². The number of fused-ring (bicyclic) bond motifs is 2. The quantitative estimate of drug-likeness (QED) is 0.552. The molecule has 1 aromatic rings. The highest BCUT2D eigenvalue weighted by molar-refractivity contribution is 7.90. The minimum absolute atomic E-state index is 0.0905. The van der Waals surface area contributed by atoms with Crippen molar-refractivity contribution in [2.75, 3.05) is 31.1 Å². The standard InChI is InChI=1S/C19H18F3N3O3S2/c1-11-7-13(24-3-5-25(6-4-24)30(27,28)19(20,21)22)9-15-17(11)23-18-12(2)8-14(26)10-16(18)29-15/h7-10H,3-6H2,1-2H3. The minimum atomic E-state index is -5.31. The van der Waals surface area contributed by atoms with Gasteiger partial charge in [-0.3, -0.25) is 4.79 Å². The van der Waals surface area contributed by atoms with Gasteiger partial charge in [0, 0.05) is 37.9 Å². The molecule has 2 heterocycles. The van der Waals surface area contributed by atoms with Crippen LogP contribution in [0.3, 0.4) is 0 Å². The highest BCUT2D eigenvalue weighted by Gasteiger charge is 2.50. The Morgan fingerprint density at radius 3 is 2.30 bits per heavy atom. The van der Waals surface area contributed by atoms with Crippen LogP contribution >= 0.6 is 11.3 Å². The third kappa shape index (κ3) is 3.54. The molecule has 1 saturated heterocycles. The van der Waals surface area contributed by atoms with Gasteiger partial charge >= 0.3 is 15.5 Å². The first-order chi connectivity index (χ1) is 14.0. The van der Waals surface area contributed by atoms with Gasteiger partial charge in [-0.1, -0.05) is 0 Å². The van der Waals surface area contributed by atoms with Gasteiger partial charge < -0.3 is 4.90 Å². The summed E-state index contributed by atoms with van der Waals surface area (Å²) in [7, 11) is -5.31. The average molecular weight is 457 g/mol. The van der Waals surface area contributed by atoms with Crippen LogP contribution in [0.25, 0.3) is 20.8 Å². The van der Waals surface area contributed by atoms with E-state index in [0.717, 1.165) is 37.6 Å². The fourth-order valence-electron chi connectivity index (χ4n) is 3.63. The Bertz CT molecular complexity index is 1260. The molecular weight excluding hydrogens is 439 g/mol. The van der Waals surface area contributed by atoms with Crippen LogP contribution in [0.4, 0.5) is 18.9 Å². The van der Waals surface area contributed by atoms with Gasteiger partial charge in [-0.05, 0) is 43.2 Å².